The van der Waals surface area contributed by atoms with Crippen molar-refractivity contribution in [3.8, 4) is 0 Å². The molecule has 9 rings (SSSR count). The molecule has 8 nitrogen and oxygen atoms in total. The number of rotatable bonds is 0. The van der Waals surface area contributed by atoms with Gasteiger partial charge in [-0.1, -0.05) is 24.7 Å². The van der Waals surface area contributed by atoms with Crippen molar-refractivity contribution in [1.82, 2.24) is 31.9 Å². The van der Waals surface area contributed by atoms with Crippen molar-refractivity contribution in [1.29, 1.82) is 0 Å². The Bertz CT molecular complexity index is 1390. The van der Waals surface area contributed by atoms with Gasteiger partial charge in [0.2, 0.25) is 0 Å². The Kier molecular flexibility index (Phi) is 8.82. The summed E-state index contributed by atoms with van der Waals surface area (Å²) in [4.78, 5) is 0. The van der Waals surface area contributed by atoms with Gasteiger partial charge in [-0.25, -0.2) is 35.1 Å². The molecule has 0 amide bonds. The number of hydrogen-bond acceptors (Lipinski definition) is 6. The SMILES string of the molecule is Fc1cc2c(cc1F)C1NC2NC2[N-]C(NC3NC(NC4[N-]C(N1)C1CC(F)C(F)CC41)c1cc(F)c(F)cc13)C1CC(F)C(F)CC21.[Cu+2]. The Morgan fingerprint density at radius 2 is 0.633 bits per heavy atom. The van der Waals surface area contributed by atoms with Crippen LogP contribution in [0, 0.1) is 46.9 Å². The number of benzene rings is 2. The van der Waals surface area contributed by atoms with E-state index in [1.807, 2.05) is 0 Å². The van der Waals surface area contributed by atoms with E-state index in [9.17, 15) is 35.1 Å². The third-order valence-corrected chi connectivity index (χ3v) is 11.7. The maximum absolute atomic E-state index is 14.8. The molecule has 0 aromatic heterocycles. The van der Waals surface area contributed by atoms with E-state index in [1.165, 1.54) is 0 Å². The van der Waals surface area contributed by atoms with E-state index in [2.05, 4.69) is 31.9 Å². The number of fused-ring (bicyclic) bond motifs is 20. The van der Waals surface area contributed by atoms with Gasteiger partial charge in [-0.3, -0.25) is 10.6 Å². The Hall–Kier alpha value is -1.92. The molecule has 0 spiro atoms. The van der Waals surface area contributed by atoms with E-state index in [0.29, 0.717) is 22.3 Å². The minimum absolute atomic E-state index is 0. The van der Waals surface area contributed by atoms with Crippen LogP contribution in [0.3, 0.4) is 0 Å². The predicted molar refractivity (Wildman–Crippen MR) is 156 cm³/mol. The molecule has 7 aliphatic rings. The zero-order valence-electron chi connectivity index (χ0n) is 25.6. The van der Waals surface area contributed by atoms with Gasteiger partial charge in [0, 0.05) is 0 Å². The quantitative estimate of drug-likeness (QED) is 0.168. The maximum atomic E-state index is 14.8. The Balaban J connectivity index is 0.00000348. The predicted octanol–water partition coefficient (Wildman–Crippen LogP) is 5.00. The first-order valence-electron chi connectivity index (χ1n) is 16.5. The summed E-state index contributed by atoms with van der Waals surface area (Å²) in [6.07, 6.45) is -13.6. The van der Waals surface area contributed by atoms with E-state index in [1.54, 1.807) is 0 Å². The van der Waals surface area contributed by atoms with E-state index in [0.717, 1.165) is 24.3 Å². The molecule has 5 aliphatic heterocycles. The molecule has 2 aliphatic carbocycles. The van der Waals surface area contributed by atoms with Gasteiger partial charge < -0.3 is 31.9 Å². The third-order valence-electron chi connectivity index (χ3n) is 11.7. The van der Waals surface area contributed by atoms with Crippen LogP contribution in [0.4, 0.5) is 35.1 Å². The Morgan fingerprint density at radius 3 is 0.857 bits per heavy atom. The summed E-state index contributed by atoms with van der Waals surface area (Å²) in [5, 5.41) is 29.7. The molecule has 17 heteroatoms. The van der Waals surface area contributed by atoms with Crippen molar-refractivity contribution in [2.24, 2.45) is 23.7 Å². The molecule has 8 bridgehead atoms. The van der Waals surface area contributed by atoms with Gasteiger partial charge in [0.15, 0.2) is 23.3 Å². The summed E-state index contributed by atoms with van der Waals surface area (Å²) < 4.78 is 118. The van der Waals surface area contributed by atoms with Crippen LogP contribution in [0.2, 0.25) is 0 Å². The first-order valence-corrected chi connectivity index (χ1v) is 16.5. The Morgan fingerprint density at radius 1 is 0.408 bits per heavy atom. The zero-order chi connectivity index (χ0) is 33.2. The molecule has 3 saturated heterocycles. The first kappa shape index (κ1) is 34.2. The molecule has 2 saturated carbocycles. The van der Waals surface area contributed by atoms with Gasteiger partial charge in [-0.15, -0.1) is 0 Å². The minimum atomic E-state index is -1.72. The van der Waals surface area contributed by atoms with Crippen LogP contribution in [-0.4, -0.2) is 49.3 Å². The molecule has 49 heavy (non-hydrogen) atoms. The van der Waals surface area contributed by atoms with Crippen molar-refractivity contribution < 1.29 is 52.2 Å². The van der Waals surface area contributed by atoms with Crippen LogP contribution in [0.15, 0.2) is 24.3 Å². The minimum Gasteiger partial charge on any atom is -0.632 e. The van der Waals surface area contributed by atoms with Gasteiger partial charge >= 0.3 is 17.1 Å². The van der Waals surface area contributed by atoms with Crippen molar-refractivity contribution in [2.75, 3.05) is 0 Å². The molecular formula is C32H34CuF8N8. The average molecular weight is 746 g/mol. The summed E-state index contributed by atoms with van der Waals surface area (Å²) in [5.41, 5.74) is 1.51. The summed E-state index contributed by atoms with van der Waals surface area (Å²) in [5.74, 6) is -6.21. The fraction of sp³-hybridized carbons (Fsp3) is 0.625. The van der Waals surface area contributed by atoms with Gasteiger partial charge in [-0.2, -0.15) is 0 Å². The molecule has 6 N–H and O–H groups in total. The summed E-state index contributed by atoms with van der Waals surface area (Å²) >= 11 is 0. The van der Waals surface area contributed by atoms with Gasteiger partial charge in [0.05, 0.1) is 24.7 Å². The van der Waals surface area contributed by atoms with Gasteiger partial charge in [0.25, 0.3) is 0 Å². The second kappa shape index (κ2) is 12.6. The molecule has 1 radical (unpaired) electrons. The number of nitrogens with one attached hydrogen (secondary N) is 6. The van der Waals surface area contributed by atoms with Crippen LogP contribution in [0.25, 0.3) is 10.6 Å². The average Bonchev–Trinajstić information content (AvgIpc) is 3.74. The topological polar surface area (TPSA) is 100 Å². The second-order valence-electron chi connectivity index (χ2n) is 14.3. The summed E-state index contributed by atoms with van der Waals surface area (Å²) in [7, 11) is 0. The molecule has 5 heterocycles. The number of halogens is 8. The van der Waals surface area contributed by atoms with Crippen LogP contribution >= 0.6 is 0 Å². The maximum Gasteiger partial charge on any atom is 2.00 e. The fourth-order valence-corrected chi connectivity index (χ4v) is 9.32. The third kappa shape index (κ3) is 5.63. The van der Waals surface area contributed by atoms with E-state index in [4.69, 9.17) is 10.6 Å². The van der Waals surface area contributed by atoms with Crippen LogP contribution in [0.1, 0.15) is 72.6 Å². The molecule has 16 atom stereocenters. The fourth-order valence-electron chi connectivity index (χ4n) is 9.32. The first-order chi connectivity index (χ1) is 23.0. The van der Waals surface area contributed by atoms with E-state index < -0.39 is 121 Å². The molecular weight excluding hydrogens is 712 g/mol. The van der Waals surface area contributed by atoms with Crippen molar-refractivity contribution in [2.45, 2.75) is 99.7 Å². The molecule has 2 aromatic carbocycles. The van der Waals surface area contributed by atoms with Crippen molar-refractivity contribution >= 4 is 0 Å². The molecule has 269 valence electrons. The van der Waals surface area contributed by atoms with Crippen LogP contribution in [0.5, 0.6) is 0 Å². The number of hydrogen-bond donors (Lipinski definition) is 6. The second-order valence-corrected chi connectivity index (χ2v) is 14.3. The smallest absolute Gasteiger partial charge is 0.632 e. The van der Waals surface area contributed by atoms with E-state index in [-0.39, 0.29) is 42.8 Å². The molecule has 2 aromatic rings. The van der Waals surface area contributed by atoms with Gasteiger partial charge in [-0.05, 0) is 95.9 Å². The zero-order valence-corrected chi connectivity index (χ0v) is 26.5. The van der Waals surface area contributed by atoms with Gasteiger partial charge in [0.1, 0.15) is 24.7 Å². The molecule has 5 fully saturated rings. The van der Waals surface area contributed by atoms with E-state index >= 15 is 0 Å². The number of nitrogens with zero attached hydrogens (tertiary/aromatic N) is 2. The van der Waals surface area contributed by atoms with Crippen LogP contribution in [-0.2, 0) is 17.1 Å². The largest absolute Gasteiger partial charge is 2.00 e. The monoisotopic (exact) mass is 745 g/mol. The van der Waals surface area contributed by atoms with Crippen molar-refractivity contribution in [3.05, 3.63) is 80.4 Å². The Labute approximate surface area is 287 Å². The summed E-state index contributed by atoms with van der Waals surface area (Å²) in [6, 6.07) is 4.29. The summed E-state index contributed by atoms with van der Waals surface area (Å²) in [6.45, 7) is 0. The standard InChI is InChI=1S/C32H34F8N8.Cu/c33-17-1-9-10(2-18(17)34)26-41-25(9)45-27-11-3-19(35)20(36)4-12(11)29(42-27)47-31-15-7-23(39)24(40)8-16(15)32(44-31)48-30-14-6-22(38)21(37)5-13(14)28(43-30)46-26;/h1-2,7-8,11-14,19-22,25-32,41,44-48H,3-6H2;/q-2;+2. The van der Waals surface area contributed by atoms with Crippen molar-refractivity contribution in [3.63, 3.8) is 0 Å². The normalized spacial score (nSPS) is 45.2. The van der Waals surface area contributed by atoms with Crippen LogP contribution < -0.4 is 31.9 Å². The molecule has 16 unspecified atom stereocenters. The number of alkyl halides is 4.